The van der Waals surface area contributed by atoms with E-state index in [-0.39, 0.29) is 5.91 Å². The number of rotatable bonds is 5. The number of pyridine rings is 1. The van der Waals surface area contributed by atoms with E-state index < -0.39 is 0 Å². The first-order valence-corrected chi connectivity index (χ1v) is 8.44. The zero-order valence-corrected chi connectivity index (χ0v) is 14.5. The van der Waals surface area contributed by atoms with E-state index in [0.717, 1.165) is 47.1 Å². The summed E-state index contributed by atoms with van der Waals surface area (Å²) in [6, 6.07) is 12.0. The predicted molar refractivity (Wildman–Crippen MR) is 98.5 cm³/mol. The molecule has 0 atom stereocenters. The van der Waals surface area contributed by atoms with Crippen molar-refractivity contribution in [2.75, 3.05) is 5.32 Å². The fraction of sp³-hybridized carbons (Fsp3) is 0.300. The quantitative estimate of drug-likeness (QED) is 0.740. The van der Waals surface area contributed by atoms with Crippen LogP contribution in [-0.4, -0.2) is 15.5 Å². The first kappa shape index (κ1) is 16.2. The number of para-hydroxylation sites is 1. The van der Waals surface area contributed by atoms with Gasteiger partial charge < -0.3 is 9.88 Å². The largest absolute Gasteiger partial charge is 0.336 e. The van der Waals surface area contributed by atoms with Crippen LogP contribution in [0.2, 0.25) is 0 Å². The number of aromatic nitrogens is 2. The van der Waals surface area contributed by atoms with Gasteiger partial charge in [-0.2, -0.15) is 0 Å². The Kier molecular flexibility index (Phi) is 4.65. The first-order valence-electron chi connectivity index (χ1n) is 8.44. The summed E-state index contributed by atoms with van der Waals surface area (Å²) in [5.41, 5.74) is 3.83. The number of hydrogen-bond acceptors (Lipinski definition) is 2. The zero-order chi connectivity index (χ0) is 17.1. The molecule has 0 bridgehead atoms. The van der Waals surface area contributed by atoms with Gasteiger partial charge in [-0.25, -0.2) is 4.98 Å². The Morgan fingerprint density at radius 1 is 1.17 bits per heavy atom. The first-order chi connectivity index (χ1) is 11.6. The standard InChI is InChI=1S/C20H23N3O/c1-4-5-13-23-17-11-7-6-10-16(17)15(3)18(23)20(24)22-19-14(2)9-8-12-21-19/h6-12H,4-5,13H2,1-3H3,(H,21,22,24). The van der Waals surface area contributed by atoms with E-state index in [0.29, 0.717) is 5.82 Å². The summed E-state index contributed by atoms with van der Waals surface area (Å²) in [5.74, 6) is 0.524. The third kappa shape index (κ3) is 2.92. The Balaban J connectivity index is 2.05. The topological polar surface area (TPSA) is 46.9 Å². The van der Waals surface area contributed by atoms with Gasteiger partial charge >= 0.3 is 0 Å². The molecule has 0 radical (unpaired) electrons. The molecular formula is C20H23N3O. The summed E-state index contributed by atoms with van der Waals surface area (Å²) in [7, 11) is 0. The molecule has 0 spiro atoms. The molecule has 0 aliphatic rings. The summed E-state index contributed by atoms with van der Waals surface area (Å²) in [6.45, 7) is 6.97. The summed E-state index contributed by atoms with van der Waals surface area (Å²) >= 11 is 0. The lowest BCUT2D eigenvalue weighted by Gasteiger charge is -2.12. The number of amides is 1. The number of hydrogen-bond donors (Lipinski definition) is 1. The lowest BCUT2D eigenvalue weighted by molar-refractivity contribution is 0.101. The van der Waals surface area contributed by atoms with Crippen molar-refractivity contribution >= 4 is 22.6 Å². The second-order valence-electron chi connectivity index (χ2n) is 6.12. The molecule has 4 heteroatoms. The Bertz CT molecular complexity index is 880. The van der Waals surface area contributed by atoms with Crippen molar-refractivity contribution in [3.05, 3.63) is 59.4 Å². The number of anilines is 1. The molecule has 0 fully saturated rings. The molecule has 3 aromatic rings. The molecule has 0 saturated carbocycles. The van der Waals surface area contributed by atoms with Crippen molar-refractivity contribution in [3.8, 4) is 0 Å². The zero-order valence-electron chi connectivity index (χ0n) is 14.5. The lowest BCUT2D eigenvalue weighted by Crippen LogP contribution is -2.19. The van der Waals surface area contributed by atoms with Crippen molar-refractivity contribution in [2.24, 2.45) is 0 Å². The molecule has 0 aliphatic carbocycles. The van der Waals surface area contributed by atoms with Crippen LogP contribution in [0.4, 0.5) is 5.82 Å². The number of aryl methyl sites for hydroxylation is 3. The summed E-state index contributed by atoms with van der Waals surface area (Å²) in [4.78, 5) is 17.2. The normalized spacial score (nSPS) is 11.0. The van der Waals surface area contributed by atoms with Gasteiger partial charge in [-0.1, -0.05) is 37.6 Å². The van der Waals surface area contributed by atoms with Crippen molar-refractivity contribution in [1.29, 1.82) is 0 Å². The number of nitrogens with zero attached hydrogens (tertiary/aromatic N) is 2. The van der Waals surface area contributed by atoms with Crippen molar-refractivity contribution in [2.45, 2.75) is 40.2 Å². The molecule has 1 aromatic carbocycles. The van der Waals surface area contributed by atoms with Crippen molar-refractivity contribution in [1.82, 2.24) is 9.55 Å². The van der Waals surface area contributed by atoms with Gasteiger partial charge in [-0.3, -0.25) is 4.79 Å². The maximum Gasteiger partial charge on any atom is 0.273 e. The average Bonchev–Trinajstić information content (AvgIpc) is 2.87. The van der Waals surface area contributed by atoms with Crippen LogP contribution in [0.15, 0.2) is 42.6 Å². The second-order valence-corrected chi connectivity index (χ2v) is 6.12. The third-order valence-electron chi connectivity index (χ3n) is 4.42. The Labute approximate surface area is 142 Å². The van der Waals surface area contributed by atoms with E-state index in [9.17, 15) is 4.79 Å². The van der Waals surface area contributed by atoms with Crippen molar-refractivity contribution < 1.29 is 4.79 Å². The molecule has 124 valence electrons. The molecule has 3 rings (SSSR count). The fourth-order valence-electron chi connectivity index (χ4n) is 3.10. The van der Waals surface area contributed by atoms with E-state index >= 15 is 0 Å². The smallest absolute Gasteiger partial charge is 0.273 e. The average molecular weight is 321 g/mol. The highest BCUT2D eigenvalue weighted by molar-refractivity contribution is 6.08. The SMILES string of the molecule is CCCCn1c(C(=O)Nc2ncccc2C)c(C)c2ccccc21. The number of benzene rings is 1. The Hall–Kier alpha value is -2.62. The molecule has 1 amide bonds. The van der Waals surface area contributed by atoms with Crippen LogP contribution in [0, 0.1) is 13.8 Å². The van der Waals surface area contributed by atoms with Gasteiger partial charge in [-0.05, 0) is 43.5 Å². The van der Waals surface area contributed by atoms with Crippen molar-refractivity contribution in [3.63, 3.8) is 0 Å². The Morgan fingerprint density at radius 2 is 1.96 bits per heavy atom. The monoisotopic (exact) mass is 321 g/mol. The fourth-order valence-corrected chi connectivity index (χ4v) is 3.10. The van der Waals surface area contributed by atoms with E-state index in [1.807, 2.05) is 38.1 Å². The van der Waals surface area contributed by atoms with Crippen LogP contribution < -0.4 is 5.32 Å². The molecule has 2 heterocycles. The van der Waals surface area contributed by atoms with E-state index in [2.05, 4.69) is 33.9 Å². The van der Waals surface area contributed by atoms with E-state index in [1.165, 1.54) is 0 Å². The van der Waals surface area contributed by atoms with Gasteiger partial charge in [0, 0.05) is 23.6 Å². The van der Waals surface area contributed by atoms with Gasteiger partial charge in [0.25, 0.3) is 5.91 Å². The summed E-state index contributed by atoms with van der Waals surface area (Å²) < 4.78 is 2.14. The molecule has 4 nitrogen and oxygen atoms in total. The van der Waals surface area contributed by atoms with Gasteiger partial charge in [0.2, 0.25) is 0 Å². The lowest BCUT2D eigenvalue weighted by atomic mass is 10.1. The Morgan fingerprint density at radius 3 is 2.71 bits per heavy atom. The van der Waals surface area contributed by atoms with Crippen LogP contribution in [0.3, 0.4) is 0 Å². The molecule has 0 unspecified atom stereocenters. The molecule has 1 N–H and O–H groups in total. The summed E-state index contributed by atoms with van der Waals surface area (Å²) in [5, 5.41) is 4.11. The van der Waals surface area contributed by atoms with Crippen LogP contribution in [-0.2, 0) is 6.54 Å². The van der Waals surface area contributed by atoms with Gasteiger partial charge in [-0.15, -0.1) is 0 Å². The molecule has 2 aromatic heterocycles. The minimum absolute atomic E-state index is 0.0957. The minimum Gasteiger partial charge on any atom is -0.336 e. The predicted octanol–water partition coefficient (Wildman–Crippen LogP) is 4.71. The number of unbranched alkanes of at least 4 members (excludes halogenated alkanes) is 1. The molecule has 0 aliphatic heterocycles. The highest BCUT2D eigenvalue weighted by Crippen LogP contribution is 2.27. The van der Waals surface area contributed by atoms with E-state index in [4.69, 9.17) is 0 Å². The number of carbonyl (C=O) groups is 1. The number of nitrogens with one attached hydrogen (secondary N) is 1. The molecular weight excluding hydrogens is 298 g/mol. The third-order valence-corrected chi connectivity index (χ3v) is 4.42. The van der Waals surface area contributed by atoms with Crippen LogP contribution in [0.1, 0.15) is 41.4 Å². The second kappa shape index (κ2) is 6.87. The summed E-state index contributed by atoms with van der Waals surface area (Å²) in [6.07, 6.45) is 3.83. The van der Waals surface area contributed by atoms with Gasteiger partial charge in [0.05, 0.1) is 0 Å². The highest BCUT2D eigenvalue weighted by Gasteiger charge is 2.20. The number of carbonyl (C=O) groups excluding carboxylic acids is 1. The van der Waals surface area contributed by atoms with Crippen LogP contribution in [0.25, 0.3) is 10.9 Å². The maximum absolute atomic E-state index is 13.0. The maximum atomic E-state index is 13.0. The molecule has 0 saturated heterocycles. The van der Waals surface area contributed by atoms with Crippen LogP contribution in [0.5, 0.6) is 0 Å². The van der Waals surface area contributed by atoms with Gasteiger partial charge in [0.1, 0.15) is 11.5 Å². The highest BCUT2D eigenvalue weighted by atomic mass is 16.2. The minimum atomic E-state index is -0.0957. The van der Waals surface area contributed by atoms with Crippen LogP contribution >= 0.6 is 0 Å². The van der Waals surface area contributed by atoms with E-state index in [1.54, 1.807) is 6.20 Å². The number of fused-ring (bicyclic) bond motifs is 1. The molecule has 24 heavy (non-hydrogen) atoms. The van der Waals surface area contributed by atoms with Gasteiger partial charge in [0.15, 0.2) is 0 Å².